The molecule has 0 rings (SSSR count). The molecule has 0 saturated heterocycles. The molecule has 0 aliphatic rings. The number of rotatable bonds is 12. The number of unbranched alkanes of at least 4 members (excludes halogenated alkanes) is 7. The predicted molar refractivity (Wildman–Crippen MR) is 77.8 cm³/mol. The first kappa shape index (κ1) is 16.9. The molecular weight excluding hydrogens is 224 g/mol. The topological polar surface area (TPSA) is 37.3 Å². The standard InChI is InChI=1S/C16H28O2/c1-2-3-4-5-6-7-8-9-10-11-12-13-14-15-16(17)18/h5-8H,2-4,9-15H2,1H3,(H,17,18)/b6-5+,8-7-. The van der Waals surface area contributed by atoms with E-state index in [1.807, 2.05) is 0 Å². The van der Waals surface area contributed by atoms with Gasteiger partial charge in [0.15, 0.2) is 0 Å². The Morgan fingerprint density at radius 2 is 1.44 bits per heavy atom. The molecule has 0 saturated carbocycles. The lowest BCUT2D eigenvalue weighted by molar-refractivity contribution is -0.137. The summed E-state index contributed by atoms with van der Waals surface area (Å²) in [4.78, 5) is 10.3. The highest BCUT2D eigenvalue weighted by molar-refractivity contribution is 5.66. The van der Waals surface area contributed by atoms with Gasteiger partial charge in [-0.25, -0.2) is 0 Å². The molecule has 0 aliphatic heterocycles. The van der Waals surface area contributed by atoms with Crippen molar-refractivity contribution in [1.82, 2.24) is 0 Å². The minimum Gasteiger partial charge on any atom is -0.481 e. The SMILES string of the molecule is CCCC/C=C/C=C\CCCCCCCC(=O)O. The average Bonchev–Trinajstić information content (AvgIpc) is 2.34. The molecule has 0 unspecified atom stereocenters. The van der Waals surface area contributed by atoms with Crippen molar-refractivity contribution in [2.24, 2.45) is 0 Å². The summed E-state index contributed by atoms with van der Waals surface area (Å²) in [6.45, 7) is 2.21. The van der Waals surface area contributed by atoms with Crippen LogP contribution in [0.4, 0.5) is 0 Å². The van der Waals surface area contributed by atoms with E-state index in [1.165, 1.54) is 32.1 Å². The van der Waals surface area contributed by atoms with E-state index in [0.29, 0.717) is 6.42 Å². The van der Waals surface area contributed by atoms with E-state index in [9.17, 15) is 4.79 Å². The molecule has 104 valence electrons. The highest BCUT2D eigenvalue weighted by atomic mass is 16.4. The lowest BCUT2D eigenvalue weighted by Gasteiger charge is -1.97. The van der Waals surface area contributed by atoms with Gasteiger partial charge in [-0.1, -0.05) is 63.3 Å². The van der Waals surface area contributed by atoms with Crippen LogP contribution >= 0.6 is 0 Å². The number of carbonyl (C=O) groups is 1. The van der Waals surface area contributed by atoms with E-state index < -0.39 is 5.97 Å². The van der Waals surface area contributed by atoms with Crippen molar-refractivity contribution in [1.29, 1.82) is 0 Å². The Bertz CT molecular complexity index is 241. The molecule has 1 N–H and O–H groups in total. The Kier molecular flexibility index (Phi) is 13.2. The van der Waals surface area contributed by atoms with Crippen molar-refractivity contribution in [2.45, 2.75) is 71.1 Å². The van der Waals surface area contributed by atoms with Gasteiger partial charge >= 0.3 is 5.97 Å². The van der Waals surface area contributed by atoms with Crippen molar-refractivity contribution >= 4 is 5.97 Å². The zero-order chi connectivity index (χ0) is 13.5. The monoisotopic (exact) mass is 252 g/mol. The van der Waals surface area contributed by atoms with E-state index in [-0.39, 0.29) is 0 Å². The normalized spacial score (nSPS) is 11.6. The third kappa shape index (κ3) is 14.9. The van der Waals surface area contributed by atoms with Gasteiger partial charge in [-0.05, 0) is 25.7 Å². The molecule has 0 amide bonds. The van der Waals surface area contributed by atoms with Crippen LogP contribution in [0.3, 0.4) is 0 Å². The van der Waals surface area contributed by atoms with Gasteiger partial charge in [0.1, 0.15) is 0 Å². The second-order valence-electron chi connectivity index (χ2n) is 4.70. The molecule has 0 bridgehead atoms. The zero-order valence-corrected chi connectivity index (χ0v) is 11.7. The first-order chi connectivity index (χ1) is 8.77. The van der Waals surface area contributed by atoms with Crippen LogP contribution in [0.1, 0.15) is 71.1 Å². The van der Waals surface area contributed by atoms with E-state index in [0.717, 1.165) is 25.7 Å². The molecule has 0 heterocycles. The fourth-order valence-corrected chi connectivity index (χ4v) is 1.74. The summed E-state index contributed by atoms with van der Waals surface area (Å²) in [5, 5.41) is 8.48. The molecule has 0 atom stereocenters. The highest BCUT2D eigenvalue weighted by Crippen LogP contribution is 2.07. The highest BCUT2D eigenvalue weighted by Gasteiger charge is 1.95. The molecule has 18 heavy (non-hydrogen) atoms. The van der Waals surface area contributed by atoms with Crippen LogP contribution in [0, 0.1) is 0 Å². The van der Waals surface area contributed by atoms with Gasteiger partial charge < -0.3 is 5.11 Å². The van der Waals surface area contributed by atoms with Gasteiger partial charge in [0.2, 0.25) is 0 Å². The largest absolute Gasteiger partial charge is 0.481 e. The van der Waals surface area contributed by atoms with Crippen LogP contribution < -0.4 is 0 Å². The summed E-state index contributed by atoms with van der Waals surface area (Å²) in [6, 6.07) is 0. The number of hydrogen-bond acceptors (Lipinski definition) is 1. The number of allylic oxidation sites excluding steroid dienone is 4. The Labute approximate surface area is 112 Å². The Morgan fingerprint density at radius 3 is 2.06 bits per heavy atom. The maximum atomic E-state index is 10.3. The fraction of sp³-hybridized carbons (Fsp3) is 0.688. The summed E-state index contributed by atoms with van der Waals surface area (Å²) in [5.41, 5.74) is 0. The van der Waals surface area contributed by atoms with Crippen LogP contribution in [0.15, 0.2) is 24.3 Å². The zero-order valence-electron chi connectivity index (χ0n) is 11.7. The van der Waals surface area contributed by atoms with Crippen LogP contribution in [0.25, 0.3) is 0 Å². The minimum absolute atomic E-state index is 0.322. The molecule has 2 nitrogen and oxygen atoms in total. The van der Waals surface area contributed by atoms with Crippen LogP contribution in [0.2, 0.25) is 0 Å². The molecule has 0 spiro atoms. The molecule has 0 aromatic carbocycles. The summed E-state index contributed by atoms with van der Waals surface area (Å²) >= 11 is 0. The van der Waals surface area contributed by atoms with Gasteiger partial charge in [0.05, 0.1) is 0 Å². The van der Waals surface area contributed by atoms with Gasteiger partial charge in [0, 0.05) is 6.42 Å². The molecule has 2 heteroatoms. The van der Waals surface area contributed by atoms with Crippen molar-refractivity contribution in [3.63, 3.8) is 0 Å². The van der Waals surface area contributed by atoms with Crippen molar-refractivity contribution in [3.05, 3.63) is 24.3 Å². The maximum Gasteiger partial charge on any atom is 0.303 e. The second kappa shape index (κ2) is 14.0. The van der Waals surface area contributed by atoms with Gasteiger partial charge in [0.25, 0.3) is 0 Å². The minimum atomic E-state index is -0.673. The quantitative estimate of drug-likeness (QED) is 0.387. The summed E-state index contributed by atoms with van der Waals surface area (Å²) in [6.07, 6.45) is 19.4. The summed E-state index contributed by atoms with van der Waals surface area (Å²) in [7, 11) is 0. The first-order valence-electron chi connectivity index (χ1n) is 7.30. The van der Waals surface area contributed by atoms with E-state index in [4.69, 9.17) is 5.11 Å². The van der Waals surface area contributed by atoms with Gasteiger partial charge in [-0.3, -0.25) is 4.79 Å². The van der Waals surface area contributed by atoms with E-state index in [1.54, 1.807) is 0 Å². The maximum absolute atomic E-state index is 10.3. The van der Waals surface area contributed by atoms with Crippen molar-refractivity contribution < 1.29 is 9.90 Å². The predicted octanol–water partition coefficient (Wildman–Crippen LogP) is 5.10. The molecule has 0 radical (unpaired) electrons. The van der Waals surface area contributed by atoms with Crippen LogP contribution in [-0.2, 0) is 4.79 Å². The molecule has 0 aliphatic carbocycles. The fourth-order valence-electron chi connectivity index (χ4n) is 1.74. The van der Waals surface area contributed by atoms with Crippen LogP contribution in [0.5, 0.6) is 0 Å². The second-order valence-corrected chi connectivity index (χ2v) is 4.70. The van der Waals surface area contributed by atoms with Gasteiger partial charge in [-0.2, -0.15) is 0 Å². The number of carboxylic acid groups (broad SMARTS) is 1. The van der Waals surface area contributed by atoms with E-state index >= 15 is 0 Å². The Hall–Kier alpha value is -1.05. The Balaban J connectivity index is 3.17. The van der Waals surface area contributed by atoms with Gasteiger partial charge in [-0.15, -0.1) is 0 Å². The Morgan fingerprint density at radius 1 is 0.889 bits per heavy atom. The molecular formula is C16H28O2. The lowest BCUT2D eigenvalue weighted by Crippen LogP contribution is -1.93. The van der Waals surface area contributed by atoms with Crippen molar-refractivity contribution in [3.8, 4) is 0 Å². The first-order valence-corrected chi connectivity index (χ1v) is 7.30. The molecule has 0 aromatic rings. The summed E-state index contributed by atoms with van der Waals surface area (Å²) < 4.78 is 0. The lowest BCUT2D eigenvalue weighted by atomic mass is 10.1. The smallest absolute Gasteiger partial charge is 0.303 e. The average molecular weight is 252 g/mol. The molecule has 0 aromatic heterocycles. The number of aliphatic carboxylic acids is 1. The van der Waals surface area contributed by atoms with Crippen molar-refractivity contribution in [2.75, 3.05) is 0 Å². The van der Waals surface area contributed by atoms with Crippen LogP contribution in [-0.4, -0.2) is 11.1 Å². The third-order valence-corrected chi connectivity index (χ3v) is 2.87. The molecule has 0 fully saturated rings. The third-order valence-electron chi connectivity index (χ3n) is 2.87. The van der Waals surface area contributed by atoms with E-state index in [2.05, 4.69) is 31.2 Å². The number of hydrogen-bond donors (Lipinski definition) is 1. The summed E-state index contributed by atoms with van der Waals surface area (Å²) in [5.74, 6) is -0.673. The number of carboxylic acids is 1.